The molecule has 1 atom stereocenters. The lowest BCUT2D eigenvalue weighted by atomic mass is 10.1. The third-order valence-corrected chi connectivity index (χ3v) is 4.79. The lowest BCUT2D eigenvalue weighted by molar-refractivity contribution is -0.123. The van der Waals surface area contributed by atoms with Gasteiger partial charge in [0.15, 0.2) is 0 Å². The van der Waals surface area contributed by atoms with Gasteiger partial charge in [-0.1, -0.05) is 42.5 Å². The van der Waals surface area contributed by atoms with Crippen LogP contribution in [0.2, 0.25) is 0 Å². The van der Waals surface area contributed by atoms with E-state index in [1.54, 1.807) is 24.3 Å². The number of carbonyl (C=O) groups is 2. The van der Waals surface area contributed by atoms with Gasteiger partial charge in [0.2, 0.25) is 11.8 Å². The van der Waals surface area contributed by atoms with E-state index < -0.39 is 12.1 Å². The molecule has 0 saturated heterocycles. The van der Waals surface area contributed by atoms with Gasteiger partial charge in [0.05, 0.1) is 11.4 Å². The highest BCUT2D eigenvalue weighted by Gasteiger charge is 2.31. The maximum absolute atomic E-state index is 13.0. The lowest BCUT2D eigenvalue weighted by Gasteiger charge is -2.29. The smallest absolute Gasteiger partial charge is 0.323 e. The summed E-state index contributed by atoms with van der Waals surface area (Å²) in [7, 11) is 0. The van der Waals surface area contributed by atoms with Crippen LogP contribution in [0.25, 0.3) is 0 Å². The second-order valence-corrected chi connectivity index (χ2v) is 7.08. The van der Waals surface area contributed by atoms with Crippen LogP contribution in [0.4, 0.5) is 16.2 Å². The summed E-state index contributed by atoms with van der Waals surface area (Å²) in [5.41, 5.74) is 2.07. The van der Waals surface area contributed by atoms with E-state index in [9.17, 15) is 14.7 Å². The van der Waals surface area contributed by atoms with Gasteiger partial charge < -0.3 is 15.7 Å². The molecule has 3 amide bonds. The number of amides is 3. The van der Waals surface area contributed by atoms with Crippen molar-refractivity contribution in [2.24, 2.45) is 4.99 Å². The predicted octanol–water partition coefficient (Wildman–Crippen LogP) is 2.69. The van der Waals surface area contributed by atoms with Crippen molar-refractivity contribution >= 4 is 29.2 Å². The Morgan fingerprint density at radius 1 is 1.11 bits per heavy atom. The van der Waals surface area contributed by atoms with Gasteiger partial charge in [0.1, 0.15) is 12.6 Å². The molecule has 144 valence electrons. The van der Waals surface area contributed by atoms with Crippen molar-refractivity contribution in [3.8, 4) is 0 Å². The second-order valence-electron chi connectivity index (χ2n) is 7.08. The molecule has 0 aromatic heterocycles. The number of anilines is 1. The van der Waals surface area contributed by atoms with E-state index in [4.69, 9.17) is 0 Å². The molecule has 1 saturated carbocycles. The summed E-state index contributed by atoms with van der Waals surface area (Å²) in [6.45, 7) is -0.0366. The van der Waals surface area contributed by atoms with Crippen molar-refractivity contribution in [2.45, 2.75) is 31.3 Å². The summed E-state index contributed by atoms with van der Waals surface area (Å²) in [6.07, 6.45) is 2.34. The quantitative estimate of drug-likeness (QED) is 0.747. The molecular formula is C21H22N4O3. The lowest BCUT2D eigenvalue weighted by Crippen LogP contribution is -2.54. The number of carbonyl (C=O) groups excluding carboxylic acids is 2. The minimum Gasteiger partial charge on any atom is -0.495 e. The summed E-state index contributed by atoms with van der Waals surface area (Å²) in [6, 6.07) is 15.7. The molecule has 1 aliphatic carbocycles. The number of aliphatic hydroxyl groups is 1. The normalized spacial score (nSPS) is 16.6. The highest BCUT2D eigenvalue weighted by molar-refractivity contribution is 6.04. The number of aliphatic imine (C=N–C) groups is 1. The molecule has 7 nitrogen and oxygen atoms in total. The van der Waals surface area contributed by atoms with E-state index in [0.717, 1.165) is 18.4 Å². The number of nitrogens with one attached hydrogen (secondary N) is 2. The number of para-hydroxylation sites is 2. The fourth-order valence-corrected chi connectivity index (χ4v) is 3.18. The molecule has 0 bridgehead atoms. The molecule has 1 fully saturated rings. The van der Waals surface area contributed by atoms with Gasteiger partial charge in [-0.25, -0.2) is 9.79 Å². The Morgan fingerprint density at radius 3 is 2.57 bits per heavy atom. The summed E-state index contributed by atoms with van der Waals surface area (Å²) >= 11 is 0. The summed E-state index contributed by atoms with van der Waals surface area (Å²) in [5, 5.41) is 15.7. The van der Waals surface area contributed by atoms with Gasteiger partial charge in [-0.05, 0) is 30.5 Å². The Hall–Kier alpha value is -3.35. The molecule has 1 aliphatic heterocycles. The van der Waals surface area contributed by atoms with Gasteiger partial charge in [-0.15, -0.1) is 0 Å². The number of rotatable bonds is 5. The SMILES string of the molecule is O=C(NC1CC1)[C@@H](Cc1ccccc1)NC(=O)N1CC(O)=Nc2ccccc21. The van der Waals surface area contributed by atoms with Crippen LogP contribution in [-0.4, -0.2) is 41.6 Å². The van der Waals surface area contributed by atoms with Crippen molar-refractivity contribution in [3.05, 3.63) is 60.2 Å². The summed E-state index contributed by atoms with van der Waals surface area (Å²) < 4.78 is 0. The minimum atomic E-state index is -0.705. The van der Waals surface area contributed by atoms with Crippen LogP contribution >= 0.6 is 0 Å². The maximum atomic E-state index is 13.0. The summed E-state index contributed by atoms with van der Waals surface area (Å²) in [4.78, 5) is 31.2. The molecule has 3 N–H and O–H groups in total. The number of aliphatic hydroxyl groups excluding tert-OH is 1. The van der Waals surface area contributed by atoms with Crippen LogP contribution in [0.3, 0.4) is 0 Å². The van der Waals surface area contributed by atoms with Crippen LogP contribution in [-0.2, 0) is 11.2 Å². The molecule has 7 heteroatoms. The predicted molar refractivity (Wildman–Crippen MR) is 107 cm³/mol. The molecule has 28 heavy (non-hydrogen) atoms. The Balaban J connectivity index is 1.53. The Labute approximate surface area is 163 Å². The number of hydrogen-bond donors (Lipinski definition) is 3. The zero-order valence-electron chi connectivity index (χ0n) is 15.3. The molecule has 1 heterocycles. The van der Waals surface area contributed by atoms with E-state index in [-0.39, 0.29) is 24.4 Å². The first-order chi connectivity index (χ1) is 13.6. The third-order valence-electron chi connectivity index (χ3n) is 4.79. The van der Waals surface area contributed by atoms with E-state index >= 15 is 0 Å². The standard InChI is InChI=1S/C21H22N4O3/c26-19-13-25(18-9-5-4-8-16(18)23-19)21(28)24-17(20(27)22-15-10-11-15)12-14-6-2-1-3-7-14/h1-9,15,17H,10-13H2,(H,22,27)(H,23,26)(H,24,28)/t17-/m1/s1. The van der Waals surface area contributed by atoms with Crippen molar-refractivity contribution in [1.29, 1.82) is 0 Å². The topological polar surface area (TPSA) is 94.0 Å². The van der Waals surface area contributed by atoms with Crippen LogP contribution < -0.4 is 15.5 Å². The van der Waals surface area contributed by atoms with Gasteiger partial charge >= 0.3 is 6.03 Å². The molecule has 0 unspecified atom stereocenters. The van der Waals surface area contributed by atoms with Crippen LogP contribution in [0, 0.1) is 0 Å². The zero-order valence-corrected chi connectivity index (χ0v) is 15.3. The largest absolute Gasteiger partial charge is 0.495 e. The fraction of sp³-hybridized carbons (Fsp3) is 0.286. The molecule has 0 radical (unpaired) electrons. The number of nitrogens with zero attached hydrogens (tertiary/aromatic N) is 2. The van der Waals surface area contributed by atoms with Crippen molar-refractivity contribution in [2.75, 3.05) is 11.4 Å². The highest BCUT2D eigenvalue weighted by Crippen LogP contribution is 2.31. The van der Waals surface area contributed by atoms with Crippen LogP contribution in [0.15, 0.2) is 59.6 Å². The van der Waals surface area contributed by atoms with Gasteiger partial charge in [-0.2, -0.15) is 0 Å². The highest BCUT2D eigenvalue weighted by atomic mass is 16.3. The molecule has 2 aromatic rings. The monoisotopic (exact) mass is 378 g/mol. The van der Waals surface area contributed by atoms with E-state index in [0.29, 0.717) is 17.8 Å². The first-order valence-electron chi connectivity index (χ1n) is 9.38. The summed E-state index contributed by atoms with van der Waals surface area (Å²) in [5.74, 6) is -0.334. The first kappa shape index (κ1) is 18.0. The Kier molecular flexibility index (Phi) is 4.97. The number of benzene rings is 2. The Morgan fingerprint density at radius 2 is 1.82 bits per heavy atom. The Bertz CT molecular complexity index is 909. The second kappa shape index (κ2) is 7.72. The first-order valence-corrected chi connectivity index (χ1v) is 9.38. The van der Waals surface area contributed by atoms with Gasteiger partial charge in [0, 0.05) is 12.5 Å². The molecule has 2 aliphatic rings. The number of urea groups is 1. The van der Waals surface area contributed by atoms with E-state index in [2.05, 4.69) is 15.6 Å². The minimum absolute atomic E-state index is 0.0366. The molecular weight excluding hydrogens is 356 g/mol. The molecule has 4 rings (SSSR count). The van der Waals surface area contributed by atoms with Crippen molar-refractivity contribution in [3.63, 3.8) is 0 Å². The van der Waals surface area contributed by atoms with Crippen molar-refractivity contribution < 1.29 is 14.7 Å². The van der Waals surface area contributed by atoms with Gasteiger partial charge in [-0.3, -0.25) is 9.69 Å². The fourth-order valence-electron chi connectivity index (χ4n) is 3.18. The van der Waals surface area contributed by atoms with Crippen LogP contribution in [0.1, 0.15) is 18.4 Å². The van der Waals surface area contributed by atoms with E-state index in [1.807, 2.05) is 30.3 Å². The third kappa shape index (κ3) is 4.14. The number of fused-ring (bicyclic) bond motifs is 1. The van der Waals surface area contributed by atoms with Crippen LogP contribution in [0.5, 0.6) is 0 Å². The molecule has 0 spiro atoms. The average molecular weight is 378 g/mol. The number of hydrogen-bond acceptors (Lipinski definition) is 3. The molecule has 2 aromatic carbocycles. The van der Waals surface area contributed by atoms with E-state index in [1.165, 1.54) is 4.90 Å². The zero-order chi connectivity index (χ0) is 19.5. The van der Waals surface area contributed by atoms with Gasteiger partial charge in [0.25, 0.3) is 0 Å². The van der Waals surface area contributed by atoms with Crippen molar-refractivity contribution in [1.82, 2.24) is 10.6 Å². The average Bonchev–Trinajstić information content (AvgIpc) is 3.51. The maximum Gasteiger partial charge on any atom is 0.323 e.